The Morgan fingerprint density at radius 1 is 1.18 bits per heavy atom. The second-order valence-corrected chi connectivity index (χ2v) is 9.94. The quantitative estimate of drug-likeness (QED) is 0.803. The van der Waals surface area contributed by atoms with Gasteiger partial charge in [0.2, 0.25) is 0 Å². The zero-order valence-corrected chi connectivity index (χ0v) is 16.0. The summed E-state index contributed by atoms with van der Waals surface area (Å²) in [6.45, 7) is 14.1. The normalized spacial score (nSPS) is 14.5. The Kier molecular flexibility index (Phi) is 7.35. The highest BCUT2D eigenvalue weighted by Gasteiger charge is 2.30. The van der Waals surface area contributed by atoms with Gasteiger partial charge in [-0.1, -0.05) is 0 Å². The lowest BCUT2D eigenvalue weighted by atomic mass is 10.1. The van der Waals surface area contributed by atoms with Crippen molar-refractivity contribution in [1.29, 1.82) is 0 Å². The van der Waals surface area contributed by atoms with Crippen molar-refractivity contribution in [2.45, 2.75) is 65.6 Å². The van der Waals surface area contributed by atoms with Crippen LogP contribution in [0.4, 0.5) is 4.79 Å². The van der Waals surface area contributed by atoms with Crippen LogP contribution in [0, 0.1) is 0 Å². The zero-order chi connectivity index (χ0) is 17.8. The summed E-state index contributed by atoms with van der Waals surface area (Å²) in [5, 5.41) is 3.13. The molecule has 0 bridgehead atoms. The number of rotatable bonds is 6. The van der Waals surface area contributed by atoms with E-state index in [1.807, 2.05) is 48.5 Å². The minimum Gasteiger partial charge on any atom is -0.444 e. The Bertz CT molecular complexity index is 461. The number of carbonyl (C=O) groups excluding carboxylic acids is 1. The predicted molar refractivity (Wildman–Crippen MR) is 89.9 cm³/mol. The minimum absolute atomic E-state index is 0.0783. The largest absolute Gasteiger partial charge is 0.444 e. The smallest absolute Gasteiger partial charge is 0.410 e. The highest BCUT2D eigenvalue weighted by molar-refractivity contribution is 7.90. The lowest BCUT2D eigenvalue weighted by Gasteiger charge is -2.37. The molecule has 0 saturated carbocycles. The van der Waals surface area contributed by atoms with Gasteiger partial charge in [-0.05, 0) is 48.5 Å². The van der Waals surface area contributed by atoms with Crippen molar-refractivity contribution in [3.63, 3.8) is 0 Å². The molecule has 0 aliphatic heterocycles. The van der Waals surface area contributed by atoms with E-state index in [1.165, 1.54) is 6.26 Å². The molecule has 0 radical (unpaired) electrons. The molecule has 1 unspecified atom stereocenters. The standard InChI is InChI=1S/C15H32N2O4S/c1-12(11-22(8,19)20)16-9-10-17(14(2,3)4)13(18)21-15(5,6)7/h12,16H,9-11H2,1-8H3. The second kappa shape index (κ2) is 7.64. The van der Waals surface area contributed by atoms with Crippen LogP contribution in [0.2, 0.25) is 0 Å². The molecule has 0 spiro atoms. The van der Waals surface area contributed by atoms with Gasteiger partial charge >= 0.3 is 6.09 Å². The Labute approximate surface area is 135 Å². The van der Waals surface area contributed by atoms with Crippen LogP contribution < -0.4 is 5.32 Å². The minimum atomic E-state index is -3.01. The number of hydrogen-bond donors (Lipinski definition) is 1. The summed E-state index contributed by atoms with van der Waals surface area (Å²) < 4.78 is 27.9. The van der Waals surface area contributed by atoms with E-state index >= 15 is 0 Å². The summed E-state index contributed by atoms with van der Waals surface area (Å²) in [6, 6.07) is -0.157. The topological polar surface area (TPSA) is 75.7 Å². The van der Waals surface area contributed by atoms with Crippen LogP contribution in [-0.4, -0.2) is 61.7 Å². The Balaban J connectivity index is 4.61. The lowest BCUT2D eigenvalue weighted by molar-refractivity contribution is 0.00652. The molecule has 132 valence electrons. The number of hydrogen-bond acceptors (Lipinski definition) is 5. The van der Waals surface area contributed by atoms with Gasteiger partial charge in [-0.3, -0.25) is 0 Å². The average Bonchev–Trinajstić information content (AvgIpc) is 2.16. The molecule has 0 aliphatic carbocycles. The van der Waals surface area contributed by atoms with Gasteiger partial charge in [0.25, 0.3) is 0 Å². The summed E-state index contributed by atoms with van der Waals surface area (Å²) >= 11 is 0. The molecule has 0 fully saturated rings. The third-order valence-corrected chi connectivity index (χ3v) is 3.91. The molecule has 1 atom stereocenters. The predicted octanol–water partition coefficient (Wildman–Crippen LogP) is 2.04. The van der Waals surface area contributed by atoms with E-state index in [9.17, 15) is 13.2 Å². The van der Waals surface area contributed by atoms with Gasteiger partial charge in [0.1, 0.15) is 15.4 Å². The van der Waals surface area contributed by atoms with E-state index in [2.05, 4.69) is 5.32 Å². The molecular formula is C15H32N2O4S. The van der Waals surface area contributed by atoms with Crippen LogP contribution in [-0.2, 0) is 14.6 Å². The average molecular weight is 336 g/mol. The maximum Gasteiger partial charge on any atom is 0.410 e. The number of nitrogens with one attached hydrogen (secondary N) is 1. The molecular weight excluding hydrogens is 304 g/mol. The van der Waals surface area contributed by atoms with Crippen LogP contribution in [0.15, 0.2) is 0 Å². The van der Waals surface area contributed by atoms with Crippen molar-refractivity contribution in [3.05, 3.63) is 0 Å². The Hall–Kier alpha value is -0.820. The van der Waals surface area contributed by atoms with Gasteiger partial charge in [0, 0.05) is 30.9 Å². The fraction of sp³-hybridized carbons (Fsp3) is 0.933. The molecule has 0 heterocycles. The van der Waals surface area contributed by atoms with E-state index in [-0.39, 0.29) is 23.4 Å². The molecule has 0 aromatic rings. The van der Waals surface area contributed by atoms with Crippen LogP contribution in [0.5, 0.6) is 0 Å². The van der Waals surface area contributed by atoms with Gasteiger partial charge < -0.3 is 15.0 Å². The van der Waals surface area contributed by atoms with Crippen molar-refractivity contribution in [3.8, 4) is 0 Å². The molecule has 6 nitrogen and oxygen atoms in total. The van der Waals surface area contributed by atoms with Crippen molar-refractivity contribution in [2.75, 3.05) is 25.1 Å². The molecule has 0 rings (SSSR count). The van der Waals surface area contributed by atoms with Gasteiger partial charge in [-0.15, -0.1) is 0 Å². The van der Waals surface area contributed by atoms with Crippen molar-refractivity contribution < 1.29 is 17.9 Å². The lowest BCUT2D eigenvalue weighted by Crippen LogP contribution is -2.51. The molecule has 0 aliphatic rings. The first kappa shape index (κ1) is 21.2. The van der Waals surface area contributed by atoms with Crippen LogP contribution in [0.1, 0.15) is 48.5 Å². The zero-order valence-electron chi connectivity index (χ0n) is 15.2. The monoisotopic (exact) mass is 336 g/mol. The highest BCUT2D eigenvalue weighted by Crippen LogP contribution is 2.17. The maximum atomic E-state index is 12.3. The van der Waals surface area contributed by atoms with E-state index < -0.39 is 15.4 Å². The first-order valence-electron chi connectivity index (χ1n) is 7.53. The van der Waals surface area contributed by atoms with Gasteiger partial charge in [0.15, 0.2) is 0 Å². The van der Waals surface area contributed by atoms with Gasteiger partial charge in [-0.2, -0.15) is 0 Å². The molecule has 22 heavy (non-hydrogen) atoms. The third kappa shape index (κ3) is 10.00. The number of nitrogens with zero attached hydrogens (tertiary/aromatic N) is 1. The number of sulfone groups is 1. The van der Waals surface area contributed by atoms with Crippen LogP contribution in [0.25, 0.3) is 0 Å². The molecule has 0 aromatic heterocycles. The van der Waals surface area contributed by atoms with Crippen LogP contribution in [0.3, 0.4) is 0 Å². The summed E-state index contributed by atoms with van der Waals surface area (Å²) in [7, 11) is -3.01. The number of carbonyl (C=O) groups is 1. The molecule has 7 heteroatoms. The Morgan fingerprint density at radius 2 is 1.68 bits per heavy atom. The highest BCUT2D eigenvalue weighted by atomic mass is 32.2. The Morgan fingerprint density at radius 3 is 2.05 bits per heavy atom. The van der Waals surface area contributed by atoms with E-state index in [1.54, 1.807) is 4.90 Å². The van der Waals surface area contributed by atoms with E-state index in [0.29, 0.717) is 13.1 Å². The maximum absolute atomic E-state index is 12.3. The molecule has 0 aromatic carbocycles. The van der Waals surface area contributed by atoms with Crippen LogP contribution >= 0.6 is 0 Å². The number of amides is 1. The summed E-state index contributed by atoms with van der Waals surface area (Å²) in [5.41, 5.74) is -0.915. The molecule has 0 saturated heterocycles. The summed E-state index contributed by atoms with van der Waals surface area (Å²) in [4.78, 5) is 13.9. The SMILES string of the molecule is CC(CS(C)(=O)=O)NCCN(C(=O)OC(C)(C)C)C(C)(C)C. The fourth-order valence-corrected chi connectivity index (χ4v) is 2.98. The summed E-state index contributed by atoms with van der Waals surface area (Å²) in [6.07, 6.45) is 0.852. The fourth-order valence-electron chi connectivity index (χ4n) is 1.95. The van der Waals surface area contributed by atoms with Gasteiger partial charge in [0.05, 0.1) is 5.75 Å². The van der Waals surface area contributed by atoms with E-state index in [4.69, 9.17) is 4.74 Å². The van der Waals surface area contributed by atoms with Crippen molar-refractivity contribution in [2.24, 2.45) is 0 Å². The molecule has 1 amide bonds. The van der Waals surface area contributed by atoms with Gasteiger partial charge in [-0.25, -0.2) is 13.2 Å². The summed E-state index contributed by atoms with van der Waals surface area (Å²) in [5.74, 6) is 0.0783. The van der Waals surface area contributed by atoms with Crippen molar-refractivity contribution >= 4 is 15.9 Å². The second-order valence-electron chi connectivity index (χ2n) is 7.75. The molecule has 1 N–H and O–H groups in total. The third-order valence-electron chi connectivity index (χ3n) is 2.80. The number of ether oxygens (including phenoxy) is 1. The first-order valence-corrected chi connectivity index (χ1v) is 9.59. The van der Waals surface area contributed by atoms with E-state index in [0.717, 1.165) is 0 Å². The first-order chi connectivity index (χ1) is 9.62. The van der Waals surface area contributed by atoms with Crippen molar-refractivity contribution in [1.82, 2.24) is 10.2 Å².